The summed E-state index contributed by atoms with van der Waals surface area (Å²) >= 11 is 0. The summed E-state index contributed by atoms with van der Waals surface area (Å²) in [4.78, 5) is 29.6. The van der Waals surface area contributed by atoms with Crippen LogP contribution in [0, 0.1) is 18.6 Å². The number of fused-ring (bicyclic) bond motifs is 1. The van der Waals surface area contributed by atoms with Gasteiger partial charge in [-0.3, -0.25) is 9.20 Å². The molecule has 1 atom stereocenters. The number of hydrogen-bond donors (Lipinski definition) is 2. The van der Waals surface area contributed by atoms with Crippen LogP contribution in [0.1, 0.15) is 28.2 Å². The van der Waals surface area contributed by atoms with Gasteiger partial charge in [0.15, 0.2) is 11.4 Å². The summed E-state index contributed by atoms with van der Waals surface area (Å²) in [6, 6.07) is 6.52. The van der Waals surface area contributed by atoms with Crippen molar-refractivity contribution in [1.29, 1.82) is 0 Å². The summed E-state index contributed by atoms with van der Waals surface area (Å²) < 4.78 is 34.9. The van der Waals surface area contributed by atoms with Gasteiger partial charge in [-0.1, -0.05) is 6.07 Å². The lowest BCUT2D eigenvalue weighted by atomic mass is 10.2. The molecule has 3 heterocycles. The minimum Gasteiger partial charge on any atom is -0.485 e. The van der Waals surface area contributed by atoms with E-state index in [1.54, 1.807) is 29.7 Å². The van der Waals surface area contributed by atoms with Gasteiger partial charge in [-0.05, 0) is 37.6 Å². The molecule has 8 nitrogen and oxygen atoms in total. The number of rotatable bonds is 5. The standard InChI is InChI=1S/C21H20F2N4O4/c1-12-18(20(28)25-13-7-9-26(10-13)21(29)30)27-8-3-6-17(19(27)24-12)31-11-14-15(22)4-2-5-16(14)23/h2-6,8,13H,7,9-11H2,1H3,(H,25,28)(H,29,30)/t13-/m0/s1. The molecular weight excluding hydrogens is 410 g/mol. The molecule has 0 radical (unpaired) electrons. The van der Waals surface area contributed by atoms with E-state index in [-0.39, 0.29) is 42.1 Å². The Morgan fingerprint density at radius 1 is 1.26 bits per heavy atom. The van der Waals surface area contributed by atoms with Crippen LogP contribution in [0.5, 0.6) is 5.75 Å². The van der Waals surface area contributed by atoms with Crippen LogP contribution in [0.2, 0.25) is 0 Å². The molecule has 1 fully saturated rings. The van der Waals surface area contributed by atoms with Crippen molar-refractivity contribution in [2.75, 3.05) is 13.1 Å². The highest BCUT2D eigenvalue weighted by molar-refractivity contribution is 5.95. The Labute approximate surface area is 176 Å². The molecule has 2 amide bonds. The van der Waals surface area contributed by atoms with Crippen LogP contribution in [0.3, 0.4) is 0 Å². The number of carboxylic acid groups (broad SMARTS) is 1. The third kappa shape index (κ3) is 4.00. The third-order valence-corrected chi connectivity index (χ3v) is 5.23. The summed E-state index contributed by atoms with van der Waals surface area (Å²) in [7, 11) is 0. The van der Waals surface area contributed by atoms with E-state index in [0.29, 0.717) is 24.3 Å². The van der Waals surface area contributed by atoms with E-state index in [2.05, 4.69) is 10.3 Å². The van der Waals surface area contributed by atoms with Crippen molar-refractivity contribution in [3.05, 3.63) is 65.1 Å². The van der Waals surface area contributed by atoms with E-state index in [9.17, 15) is 18.4 Å². The topological polar surface area (TPSA) is 96.2 Å². The number of ether oxygens (including phenoxy) is 1. The van der Waals surface area contributed by atoms with Crippen LogP contribution in [-0.4, -0.2) is 50.5 Å². The van der Waals surface area contributed by atoms with Gasteiger partial charge in [0.05, 0.1) is 11.3 Å². The fourth-order valence-corrected chi connectivity index (χ4v) is 3.67. The van der Waals surface area contributed by atoms with Gasteiger partial charge in [-0.25, -0.2) is 18.6 Å². The summed E-state index contributed by atoms with van der Waals surface area (Å²) in [6.07, 6.45) is 1.14. The zero-order valence-electron chi connectivity index (χ0n) is 16.6. The molecule has 0 aliphatic carbocycles. The predicted molar refractivity (Wildman–Crippen MR) is 106 cm³/mol. The van der Waals surface area contributed by atoms with Crippen LogP contribution in [-0.2, 0) is 6.61 Å². The van der Waals surface area contributed by atoms with Gasteiger partial charge >= 0.3 is 6.09 Å². The average molecular weight is 430 g/mol. The lowest BCUT2D eigenvalue weighted by molar-refractivity contribution is 0.0929. The molecule has 1 saturated heterocycles. The zero-order valence-corrected chi connectivity index (χ0v) is 16.6. The van der Waals surface area contributed by atoms with Gasteiger partial charge in [-0.15, -0.1) is 0 Å². The van der Waals surface area contributed by atoms with Crippen LogP contribution in [0.4, 0.5) is 13.6 Å². The first-order valence-corrected chi connectivity index (χ1v) is 9.67. The van der Waals surface area contributed by atoms with Crippen molar-refractivity contribution in [1.82, 2.24) is 19.6 Å². The van der Waals surface area contributed by atoms with Crippen LogP contribution >= 0.6 is 0 Å². The molecule has 10 heteroatoms. The quantitative estimate of drug-likeness (QED) is 0.649. The number of carbonyl (C=O) groups is 2. The fraction of sp³-hybridized carbons (Fsp3) is 0.286. The molecule has 2 N–H and O–H groups in total. The summed E-state index contributed by atoms with van der Waals surface area (Å²) in [5, 5.41) is 11.9. The smallest absolute Gasteiger partial charge is 0.407 e. The predicted octanol–water partition coefficient (Wildman–Crippen LogP) is 2.98. The van der Waals surface area contributed by atoms with E-state index in [4.69, 9.17) is 9.84 Å². The van der Waals surface area contributed by atoms with Crippen molar-refractivity contribution in [2.45, 2.75) is 26.0 Å². The Hall–Kier alpha value is -3.69. The zero-order chi connectivity index (χ0) is 22.1. The molecule has 0 spiro atoms. The maximum atomic E-state index is 13.9. The summed E-state index contributed by atoms with van der Waals surface area (Å²) in [6.45, 7) is 1.91. The Morgan fingerprint density at radius 2 is 2.00 bits per heavy atom. The van der Waals surface area contributed by atoms with E-state index >= 15 is 0 Å². The number of hydrogen-bond acceptors (Lipinski definition) is 4. The van der Waals surface area contributed by atoms with Crippen LogP contribution in [0.25, 0.3) is 5.65 Å². The van der Waals surface area contributed by atoms with E-state index in [0.717, 1.165) is 12.1 Å². The molecule has 1 aliphatic rings. The van der Waals surface area contributed by atoms with Crippen molar-refractivity contribution < 1.29 is 28.2 Å². The van der Waals surface area contributed by atoms with Gasteiger partial charge in [0, 0.05) is 25.3 Å². The highest BCUT2D eigenvalue weighted by atomic mass is 19.1. The highest BCUT2D eigenvalue weighted by Crippen LogP contribution is 2.24. The SMILES string of the molecule is Cc1nc2c(OCc3c(F)cccc3F)cccn2c1C(=O)N[C@H]1CCN(C(=O)O)C1. The van der Waals surface area contributed by atoms with Gasteiger partial charge in [0.25, 0.3) is 5.91 Å². The van der Waals surface area contributed by atoms with E-state index < -0.39 is 17.7 Å². The molecular formula is C21H20F2N4O4. The first-order valence-electron chi connectivity index (χ1n) is 9.67. The molecule has 2 aromatic heterocycles. The Balaban J connectivity index is 1.56. The van der Waals surface area contributed by atoms with Crippen molar-refractivity contribution in [3.63, 3.8) is 0 Å². The number of aromatic nitrogens is 2. The number of pyridine rings is 1. The molecule has 0 bridgehead atoms. The Bertz CT molecular complexity index is 1140. The number of amides is 2. The van der Waals surface area contributed by atoms with Crippen molar-refractivity contribution in [2.24, 2.45) is 0 Å². The molecule has 162 valence electrons. The Morgan fingerprint density at radius 3 is 2.68 bits per heavy atom. The highest BCUT2D eigenvalue weighted by Gasteiger charge is 2.29. The van der Waals surface area contributed by atoms with Crippen molar-refractivity contribution >= 4 is 17.6 Å². The van der Waals surface area contributed by atoms with Gasteiger partial charge in [0.1, 0.15) is 23.9 Å². The number of nitrogens with one attached hydrogen (secondary N) is 1. The Kier molecular flexibility index (Phi) is 5.45. The van der Waals surface area contributed by atoms with Crippen molar-refractivity contribution in [3.8, 4) is 5.75 Å². The number of carbonyl (C=O) groups excluding carboxylic acids is 1. The molecule has 0 unspecified atom stereocenters. The first kappa shape index (κ1) is 20.6. The van der Waals surface area contributed by atoms with Gasteiger partial charge in [-0.2, -0.15) is 0 Å². The maximum Gasteiger partial charge on any atom is 0.407 e. The molecule has 31 heavy (non-hydrogen) atoms. The second-order valence-electron chi connectivity index (χ2n) is 7.29. The van der Waals surface area contributed by atoms with E-state index in [1.165, 1.54) is 11.0 Å². The monoisotopic (exact) mass is 430 g/mol. The van der Waals surface area contributed by atoms with Gasteiger partial charge in [0.2, 0.25) is 0 Å². The molecule has 3 aromatic rings. The number of aryl methyl sites for hydroxylation is 1. The number of imidazole rings is 1. The normalized spacial score (nSPS) is 16.0. The largest absolute Gasteiger partial charge is 0.485 e. The summed E-state index contributed by atoms with van der Waals surface area (Å²) in [5.41, 5.74) is 0.862. The minimum atomic E-state index is -1.02. The molecule has 4 rings (SSSR count). The van der Waals surface area contributed by atoms with Crippen LogP contribution < -0.4 is 10.1 Å². The van der Waals surface area contributed by atoms with E-state index in [1.807, 2.05) is 0 Å². The molecule has 1 aromatic carbocycles. The molecule has 0 saturated carbocycles. The third-order valence-electron chi connectivity index (χ3n) is 5.23. The summed E-state index contributed by atoms with van der Waals surface area (Å²) in [5.74, 6) is -1.54. The maximum absolute atomic E-state index is 13.9. The first-order chi connectivity index (χ1) is 14.8. The fourth-order valence-electron chi connectivity index (χ4n) is 3.67. The average Bonchev–Trinajstić information content (AvgIpc) is 3.31. The lowest BCUT2D eigenvalue weighted by Crippen LogP contribution is -2.38. The number of halogens is 2. The lowest BCUT2D eigenvalue weighted by Gasteiger charge is -2.14. The molecule has 1 aliphatic heterocycles. The number of benzene rings is 1. The second-order valence-corrected chi connectivity index (χ2v) is 7.29. The van der Waals surface area contributed by atoms with Gasteiger partial charge < -0.3 is 20.1 Å². The minimum absolute atomic E-state index is 0.199. The number of likely N-dealkylation sites (tertiary alicyclic amines) is 1. The second kappa shape index (κ2) is 8.21. The van der Waals surface area contributed by atoms with Crippen LogP contribution in [0.15, 0.2) is 36.5 Å². The number of nitrogens with zero attached hydrogens (tertiary/aromatic N) is 3.